The molecule has 0 saturated heterocycles. The molecule has 0 aliphatic heterocycles. The first-order valence-corrected chi connectivity index (χ1v) is 7.98. The smallest absolute Gasteiger partial charge is 0.335 e. The van der Waals surface area contributed by atoms with E-state index in [2.05, 4.69) is 20.7 Å². The van der Waals surface area contributed by atoms with Crippen LogP contribution >= 0.6 is 15.9 Å². The fourth-order valence-corrected chi connectivity index (χ4v) is 3.67. The first kappa shape index (κ1) is 16.1. The fourth-order valence-electron chi connectivity index (χ4n) is 1.29. The molecule has 0 saturated carbocycles. The Balaban J connectivity index is 3.21. The van der Waals surface area contributed by atoms with E-state index in [0.29, 0.717) is 4.47 Å². The van der Waals surface area contributed by atoms with Gasteiger partial charge in [0.05, 0.1) is 10.5 Å². The highest BCUT2D eigenvalue weighted by atomic mass is 79.9. The molecule has 0 amide bonds. The molecule has 7 heteroatoms. The third-order valence-corrected chi connectivity index (χ3v) is 5.36. The molecule has 1 aromatic carbocycles. The molecule has 1 unspecified atom stereocenters. The van der Waals surface area contributed by atoms with Crippen LogP contribution in [-0.4, -0.2) is 25.5 Å². The number of hydrogen-bond acceptors (Lipinski definition) is 3. The van der Waals surface area contributed by atoms with Gasteiger partial charge in [-0.3, -0.25) is 0 Å². The van der Waals surface area contributed by atoms with Crippen LogP contribution in [0.2, 0.25) is 0 Å². The van der Waals surface area contributed by atoms with Crippen molar-refractivity contribution in [2.24, 2.45) is 5.92 Å². The molecule has 0 aliphatic rings. The molecule has 1 rings (SSSR count). The lowest BCUT2D eigenvalue weighted by Gasteiger charge is -2.18. The average Bonchev–Trinajstić information content (AvgIpc) is 2.28. The van der Waals surface area contributed by atoms with Crippen molar-refractivity contribution in [1.29, 1.82) is 0 Å². The third kappa shape index (κ3) is 4.02. The normalized spacial score (nSPS) is 13.5. The standard InChI is InChI=1S/C12H16BrNO4S/c1-7(2)8(3)14-19(17,18)11-6-9(12(15)16)4-5-10(11)13/h4-8,14H,1-3H3,(H,15,16). The summed E-state index contributed by atoms with van der Waals surface area (Å²) in [4.78, 5) is 10.8. The molecule has 106 valence electrons. The number of aromatic carboxylic acids is 1. The number of carboxylic acid groups (broad SMARTS) is 1. The van der Waals surface area contributed by atoms with Crippen LogP contribution in [0.1, 0.15) is 31.1 Å². The van der Waals surface area contributed by atoms with E-state index in [1.807, 2.05) is 13.8 Å². The van der Waals surface area contributed by atoms with Gasteiger partial charge in [0.15, 0.2) is 0 Å². The lowest BCUT2D eigenvalue weighted by Crippen LogP contribution is -2.36. The summed E-state index contributed by atoms with van der Waals surface area (Å²) in [5.41, 5.74) is -0.0687. The quantitative estimate of drug-likeness (QED) is 0.855. The van der Waals surface area contributed by atoms with Gasteiger partial charge in [-0.05, 0) is 47.0 Å². The number of benzene rings is 1. The molecule has 0 fully saturated rings. The maximum Gasteiger partial charge on any atom is 0.335 e. The lowest BCUT2D eigenvalue weighted by molar-refractivity contribution is 0.0696. The van der Waals surface area contributed by atoms with Crippen molar-refractivity contribution in [3.05, 3.63) is 28.2 Å². The van der Waals surface area contributed by atoms with Gasteiger partial charge in [0.25, 0.3) is 0 Å². The number of hydrogen-bond donors (Lipinski definition) is 2. The Kier molecular flexibility index (Phi) is 5.11. The van der Waals surface area contributed by atoms with Crippen LogP contribution in [0.15, 0.2) is 27.6 Å². The van der Waals surface area contributed by atoms with Crippen molar-refractivity contribution in [3.63, 3.8) is 0 Å². The van der Waals surface area contributed by atoms with E-state index < -0.39 is 16.0 Å². The minimum atomic E-state index is -3.75. The lowest BCUT2D eigenvalue weighted by atomic mass is 10.1. The summed E-state index contributed by atoms with van der Waals surface area (Å²) in [6.45, 7) is 5.56. The van der Waals surface area contributed by atoms with Gasteiger partial charge in [-0.25, -0.2) is 17.9 Å². The Morgan fingerprint density at radius 3 is 2.37 bits per heavy atom. The van der Waals surface area contributed by atoms with Crippen LogP contribution in [0.5, 0.6) is 0 Å². The van der Waals surface area contributed by atoms with E-state index in [4.69, 9.17) is 5.11 Å². The molecule has 0 bridgehead atoms. The van der Waals surface area contributed by atoms with Crippen molar-refractivity contribution < 1.29 is 18.3 Å². The van der Waals surface area contributed by atoms with Crippen molar-refractivity contribution in [3.8, 4) is 0 Å². The van der Waals surface area contributed by atoms with Crippen LogP contribution < -0.4 is 4.72 Å². The zero-order valence-corrected chi connectivity index (χ0v) is 13.2. The molecule has 0 radical (unpaired) electrons. The number of rotatable bonds is 5. The zero-order valence-electron chi connectivity index (χ0n) is 10.8. The number of halogens is 1. The van der Waals surface area contributed by atoms with Gasteiger partial charge in [0.2, 0.25) is 10.0 Å². The van der Waals surface area contributed by atoms with Crippen LogP contribution in [0, 0.1) is 5.92 Å². The van der Waals surface area contributed by atoms with Gasteiger partial charge in [-0.2, -0.15) is 0 Å². The summed E-state index contributed by atoms with van der Waals surface area (Å²) in [6.07, 6.45) is 0. The third-order valence-electron chi connectivity index (χ3n) is 2.81. The van der Waals surface area contributed by atoms with E-state index in [0.717, 1.165) is 6.07 Å². The summed E-state index contributed by atoms with van der Waals surface area (Å²) in [7, 11) is -3.75. The topological polar surface area (TPSA) is 83.5 Å². The number of carbonyl (C=O) groups is 1. The highest BCUT2D eigenvalue weighted by Crippen LogP contribution is 2.24. The molecule has 5 nitrogen and oxygen atoms in total. The van der Waals surface area contributed by atoms with Gasteiger partial charge < -0.3 is 5.11 Å². The molecular weight excluding hydrogens is 334 g/mol. The van der Waals surface area contributed by atoms with Crippen LogP contribution in [-0.2, 0) is 10.0 Å². The zero-order chi connectivity index (χ0) is 14.8. The summed E-state index contributed by atoms with van der Waals surface area (Å²) in [5.74, 6) is -1.03. The van der Waals surface area contributed by atoms with E-state index in [9.17, 15) is 13.2 Å². The summed E-state index contributed by atoms with van der Waals surface area (Å²) in [5, 5.41) is 8.91. The number of sulfonamides is 1. The summed E-state index contributed by atoms with van der Waals surface area (Å²) >= 11 is 3.13. The predicted molar refractivity (Wildman–Crippen MR) is 75.7 cm³/mol. The van der Waals surface area contributed by atoms with Gasteiger partial charge in [-0.15, -0.1) is 0 Å². The van der Waals surface area contributed by atoms with Crippen LogP contribution in [0.3, 0.4) is 0 Å². The number of nitrogens with one attached hydrogen (secondary N) is 1. The van der Waals surface area contributed by atoms with Crippen LogP contribution in [0.4, 0.5) is 0 Å². The molecule has 1 atom stereocenters. The van der Waals surface area contributed by atoms with E-state index >= 15 is 0 Å². The molecule has 1 aromatic rings. The van der Waals surface area contributed by atoms with E-state index in [-0.39, 0.29) is 22.4 Å². The van der Waals surface area contributed by atoms with Crippen molar-refractivity contribution in [2.75, 3.05) is 0 Å². The number of carboxylic acids is 1. The van der Waals surface area contributed by atoms with Crippen LogP contribution in [0.25, 0.3) is 0 Å². The molecule has 0 aromatic heterocycles. The molecule has 0 aliphatic carbocycles. The minimum Gasteiger partial charge on any atom is -0.478 e. The first-order chi connectivity index (χ1) is 8.65. The Morgan fingerprint density at radius 2 is 1.89 bits per heavy atom. The Morgan fingerprint density at radius 1 is 1.32 bits per heavy atom. The molecular formula is C12H16BrNO4S. The Hall–Kier alpha value is -0.920. The van der Waals surface area contributed by atoms with E-state index in [1.165, 1.54) is 12.1 Å². The average molecular weight is 350 g/mol. The van der Waals surface area contributed by atoms with Gasteiger partial charge in [-0.1, -0.05) is 13.8 Å². The Labute approximate surface area is 121 Å². The highest BCUT2D eigenvalue weighted by Gasteiger charge is 2.22. The van der Waals surface area contributed by atoms with Crippen molar-refractivity contribution in [2.45, 2.75) is 31.7 Å². The molecule has 0 spiro atoms. The van der Waals surface area contributed by atoms with Crippen molar-refractivity contribution in [1.82, 2.24) is 4.72 Å². The molecule has 0 heterocycles. The predicted octanol–water partition coefficient (Wildman–Crippen LogP) is 2.47. The fraction of sp³-hybridized carbons (Fsp3) is 0.417. The second-order valence-electron chi connectivity index (χ2n) is 4.60. The maximum absolute atomic E-state index is 12.2. The highest BCUT2D eigenvalue weighted by molar-refractivity contribution is 9.10. The van der Waals surface area contributed by atoms with Crippen molar-refractivity contribution >= 4 is 31.9 Å². The molecule has 2 N–H and O–H groups in total. The SMILES string of the molecule is CC(C)C(C)NS(=O)(=O)c1cc(C(=O)O)ccc1Br. The largest absolute Gasteiger partial charge is 0.478 e. The second-order valence-corrected chi connectivity index (χ2v) is 7.14. The van der Waals surface area contributed by atoms with Gasteiger partial charge >= 0.3 is 5.97 Å². The van der Waals surface area contributed by atoms with Gasteiger partial charge in [0, 0.05) is 10.5 Å². The monoisotopic (exact) mass is 349 g/mol. The minimum absolute atomic E-state index is 0.0687. The summed E-state index contributed by atoms with van der Waals surface area (Å²) in [6, 6.07) is 3.65. The first-order valence-electron chi connectivity index (χ1n) is 5.70. The summed E-state index contributed by atoms with van der Waals surface area (Å²) < 4.78 is 27.3. The second kappa shape index (κ2) is 6.02. The Bertz CT molecular complexity index is 583. The maximum atomic E-state index is 12.2. The van der Waals surface area contributed by atoms with E-state index in [1.54, 1.807) is 6.92 Å². The van der Waals surface area contributed by atoms with Gasteiger partial charge in [0.1, 0.15) is 0 Å². The molecule has 19 heavy (non-hydrogen) atoms.